The topological polar surface area (TPSA) is 50.8 Å². The molecular weight excluding hydrogens is 316 g/mol. The number of carbonyl (C=O) groups excluding carboxylic acids is 1. The van der Waals surface area contributed by atoms with Gasteiger partial charge in [0, 0.05) is 13.1 Å². The zero-order chi connectivity index (χ0) is 15.6. The number of nitrogens with zero attached hydrogens (tertiary/aromatic N) is 1. The van der Waals surface area contributed by atoms with Gasteiger partial charge in [-0.2, -0.15) is 0 Å². The van der Waals surface area contributed by atoms with Crippen LogP contribution in [0.3, 0.4) is 0 Å². The van der Waals surface area contributed by atoms with Gasteiger partial charge in [0.2, 0.25) is 12.7 Å². The molecule has 0 radical (unpaired) electrons. The maximum Gasteiger partial charge on any atom is 0.242 e. The van der Waals surface area contributed by atoms with E-state index in [1.165, 1.54) is 0 Å². The highest BCUT2D eigenvalue weighted by Crippen LogP contribution is 2.33. The highest BCUT2D eigenvalue weighted by atomic mass is 35.5. The number of likely N-dealkylation sites (N-methyl/N-ethyl adjacent to an activating group) is 1. The molecule has 2 heterocycles. The van der Waals surface area contributed by atoms with E-state index in [1.54, 1.807) is 0 Å². The van der Waals surface area contributed by atoms with E-state index in [9.17, 15) is 4.79 Å². The zero-order valence-electron chi connectivity index (χ0n) is 13.8. The SMILES string of the molecule is CCN(Cc1ccc2c(c1)OCO2)C(=O)C1(C)CCCCN1.Cl. The summed E-state index contributed by atoms with van der Waals surface area (Å²) in [6, 6.07) is 5.88. The monoisotopic (exact) mass is 340 g/mol. The molecule has 3 rings (SSSR count). The molecule has 6 heteroatoms. The van der Waals surface area contributed by atoms with Gasteiger partial charge in [0.15, 0.2) is 11.5 Å². The Hall–Kier alpha value is -1.46. The maximum absolute atomic E-state index is 12.9. The van der Waals surface area contributed by atoms with Crippen molar-refractivity contribution in [1.82, 2.24) is 10.2 Å². The van der Waals surface area contributed by atoms with Crippen molar-refractivity contribution in [1.29, 1.82) is 0 Å². The smallest absolute Gasteiger partial charge is 0.242 e. The predicted octanol–water partition coefficient (Wildman–Crippen LogP) is 2.72. The second kappa shape index (κ2) is 7.41. The lowest BCUT2D eigenvalue weighted by Gasteiger charge is -2.37. The van der Waals surface area contributed by atoms with Gasteiger partial charge < -0.3 is 19.7 Å². The van der Waals surface area contributed by atoms with E-state index in [0.29, 0.717) is 13.1 Å². The highest BCUT2D eigenvalue weighted by molar-refractivity contribution is 5.86. The molecule has 5 nitrogen and oxygen atoms in total. The number of benzene rings is 1. The number of carbonyl (C=O) groups is 1. The Morgan fingerprint density at radius 3 is 2.78 bits per heavy atom. The number of ether oxygens (including phenoxy) is 2. The summed E-state index contributed by atoms with van der Waals surface area (Å²) in [5.74, 6) is 1.73. The van der Waals surface area contributed by atoms with Gasteiger partial charge in [-0.25, -0.2) is 0 Å². The van der Waals surface area contributed by atoms with Crippen LogP contribution in [0.15, 0.2) is 18.2 Å². The largest absolute Gasteiger partial charge is 0.454 e. The van der Waals surface area contributed by atoms with Crippen LogP contribution in [0.5, 0.6) is 11.5 Å². The van der Waals surface area contributed by atoms with Crippen molar-refractivity contribution >= 4 is 18.3 Å². The van der Waals surface area contributed by atoms with E-state index < -0.39 is 5.54 Å². The summed E-state index contributed by atoms with van der Waals surface area (Å²) in [4.78, 5) is 14.8. The number of rotatable bonds is 4. The van der Waals surface area contributed by atoms with Gasteiger partial charge in [-0.3, -0.25) is 4.79 Å². The van der Waals surface area contributed by atoms with Gasteiger partial charge in [0.1, 0.15) is 0 Å². The normalized spacial score (nSPS) is 22.3. The van der Waals surface area contributed by atoms with Crippen LogP contribution in [0.25, 0.3) is 0 Å². The molecule has 0 bridgehead atoms. The van der Waals surface area contributed by atoms with Crippen molar-refractivity contribution in [2.24, 2.45) is 0 Å². The molecule has 0 saturated carbocycles. The molecule has 128 valence electrons. The lowest BCUT2D eigenvalue weighted by molar-refractivity contribution is -0.139. The molecule has 23 heavy (non-hydrogen) atoms. The van der Waals surface area contributed by atoms with E-state index in [2.05, 4.69) is 5.32 Å². The summed E-state index contributed by atoms with van der Waals surface area (Å²) in [6.07, 6.45) is 3.16. The second-order valence-corrected chi connectivity index (χ2v) is 6.22. The summed E-state index contributed by atoms with van der Waals surface area (Å²) < 4.78 is 10.7. The molecule has 0 aromatic heterocycles. The summed E-state index contributed by atoms with van der Waals surface area (Å²) in [5.41, 5.74) is 0.642. The van der Waals surface area contributed by atoms with Crippen LogP contribution in [-0.2, 0) is 11.3 Å². The summed E-state index contributed by atoms with van der Waals surface area (Å²) in [7, 11) is 0. The van der Waals surface area contributed by atoms with E-state index in [4.69, 9.17) is 9.47 Å². The fourth-order valence-corrected chi connectivity index (χ4v) is 3.17. The van der Waals surface area contributed by atoms with Gasteiger partial charge in [-0.05, 0) is 57.4 Å². The van der Waals surface area contributed by atoms with Crippen LogP contribution in [0.2, 0.25) is 0 Å². The van der Waals surface area contributed by atoms with Crippen LogP contribution in [-0.4, -0.2) is 36.2 Å². The Balaban J connectivity index is 0.00000192. The molecular formula is C17H25ClN2O3. The first-order valence-electron chi connectivity index (χ1n) is 8.05. The number of halogens is 1. The molecule has 1 aromatic rings. The third-order valence-corrected chi connectivity index (χ3v) is 4.57. The third-order valence-electron chi connectivity index (χ3n) is 4.57. The number of nitrogens with one attached hydrogen (secondary N) is 1. The van der Waals surface area contributed by atoms with E-state index >= 15 is 0 Å². The van der Waals surface area contributed by atoms with Gasteiger partial charge in [-0.15, -0.1) is 12.4 Å². The molecule has 1 amide bonds. The first-order valence-corrected chi connectivity index (χ1v) is 8.05. The molecule has 1 unspecified atom stereocenters. The Kier molecular flexibility index (Phi) is 5.76. The fourth-order valence-electron chi connectivity index (χ4n) is 3.17. The minimum Gasteiger partial charge on any atom is -0.454 e. The molecule has 2 aliphatic rings. The third kappa shape index (κ3) is 3.72. The van der Waals surface area contributed by atoms with Gasteiger partial charge in [0.25, 0.3) is 0 Å². The van der Waals surface area contributed by atoms with Crippen LogP contribution >= 0.6 is 12.4 Å². The van der Waals surface area contributed by atoms with Gasteiger partial charge in [-0.1, -0.05) is 6.07 Å². The van der Waals surface area contributed by atoms with E-state index in [0.717, 1.165) is 42.9 Å². The Labute approximate surface area is 143 Å². The van der Waals surface area contributed by atoms with Crippen LogP contribution in [0.4, 0.5) is 0 Å². The Morgan fingerprint density at radius 2 is 2.09 bits per heavy atom. The lowest BCUT2D eigenvalue weighted by Crippen LogP contribution is -2.57. The summed E-state index contributed by atoms with van der Waals surface area (Å²) in [5, 5.41) is 3.40. The average molecular weight is 341 g/mol. The summed E-state index contributed by atoms with van der Waals surface area (Å²) in [6.45, 7) is 6.54. The molecule has 1 N–H and O–H groups in total. The highest BCUT2D eigenvalue weighted by Gasteiger charge is 2.37. The quantitative estimate of drug-likeness (QED) is 0.915. The van der Waals surface area contributed by atoms with Crippen molar-refractivity contribution in [3.05, 3.63) is 23.8 Å². The maximum atomic E-state index is 12.9. The van der Waals surface area contributed by atoms with Crippen LogP contribution < -0.4 is 14.8 Å². The molecule has 1 atom stereocenters. The van der Waals surface area contributed by atoms with Gasteiger partial charge in [0.05, 0.1) is 5.54 Å². The standard InChI is InChI=1S/C17H24N2O3.ClH/c1-3-19(16(20)17(2)8-4-5-9-18-17)11-13-6-7-14-15(10-13)22-12-21-14;/h6-7,10,18H,3-5,8-9,11-12H2,1-2H3;1H. The lowest BCUT2D eigenvalue weighted by atomic mass is 9.89. The molecule has 0 aliphatic carbocycles. The fraction of sp³-hybridized carbons (Fsp3) is 0.588. The molecule has 1 saturated heterocycles. The van der Waals surface area contributed by atoms with Crippen LogP contribution in [0.1, 0.15) is 38.7 Å². The van der Waals surface area contributed by atoms with Crippen molar-refractivity contribution in [2.45, 2.75) is 45.2 Å². The first kappa shape index (κ1) is 17.9. The van der Waals surface area contributed by atoms with Crippen molar-refractivity contribution in [3.8, 4) is 11.5 Å². The number of piperidine rings is 1. The van der Waals surface area contributed by atoms with E-state index in [1.807, 2.05) is 36.9 Å². The van der Waals surface area contributed by atoms with Crippen LogP contribution in [0, 0.1) is 0 Å². The average Bonchev–Trinajstić information content (AvgIpc) is 3.00. The predicted molar refractivity (Wildman–Crippen MR) is 91.2 cm³/mol. The van der Waals surface area contributed by atoms with Crippen molar-refractivity contribution in [2.75, 3.05) is 19.9 Å². The minimum atomic E-state index is -0.426. The Bertz CT molecular complexity index is 559. The molecule has 2 aliphatic heterocycles. The zero-order valence-corrected chi connectivity index (χ0v) is 14.6. The number of hydrogen-bond acceptors (Lipinski definition) is 4. The first-order chi connectivity index (χ1) is 10.6. The van der Waals surface area contributed by atoms with Gasteiger partial charge >= 0.3 is 0 Å². The number of hydrogen-bond donors (Lipinski definition) is 1. The summed E-state index contributed by atoms with van der Waals surface area (Å²) >= 11 is 0. The molecule has 1 fully saturated rings. The van der Waals surface area contributed by atoms with Crippen molar-refractivity contribution in [3.63, 3.8) is 0 Å². The molecule has 0 spiro atoms. The number of amides is 1. The second-order valence-electron chi connectivity index (χ2n) is 6.22. The van der Waals surface area contributed by atoms with Crippen molar-refractivity contribution < 1.29 is 14.3 Å². The Morgan fingerprint density at radius 1 is 1.30 bits per heavy atom. The van der Waals surface area contributed by atoms with E-state index in [-0.39, 0.29) is 25.1 Å². The molecule has 1 aromatic carbocycles. The minimum absolute atomic E-state index is 0. The number of fused-ring (bicyclic) bond motifs is 1.